The van der Waals surface area contributed by atoms with E-state index in [1.165, 1.54) is 0 Å². The second-order valence-corrected chi connectivity index (χ2v) is 6.53. The largest absolute Gasteiger partial charge is 0.290 e. The van der Waals surface area contributed by atoms with Crippen molar-refractivity contribution < 1.29 is 9.36 Å². The molecule has 0 aliphatic heterocycles. The fourth-order valence-electron chi connectivity index (χ4n) is 2.67. The molecule has 0 aliphatic carbocycles. The molecule has 0 aliphatic rings. The summed E-state index contributed by atoms with van der Waals surface area (Å²) in [7, 11) is 0. The van der Waals surface area contributed by atoms with Gasteiger partial charge in [-0.25, -0.2) is 4.57 Å². The summed E-state index contributed by atoms with van der Waals surface area (Å²) in [5, 5.41) is 4.25. The number of Topliss-reactive ketones (excluding diaryl/α,β-unsaturated/α-hetero) is 1. The van der Waals surface area contributed by atoms with E-state index in [4.69, 9.17) is 0 Å². The number of hydrogen-bond donors (Lipinski definition) is 0. The molecule has 0 unspecified atom stereocenters. The predicted octanol–water partition coefficient (Wildman–Crippen LogP) is 4.71. The van der Waals surface area contributed by atoms with Crippen molar-refractivity contribution in [3.8, 4) is 10.6 Å². The maximum absolute atomic E-state index is 12.5. The lowest BCUT2D eigenvalue weighted by Gasteiger charge is -2.03. The molecule has 3 nitrogen and oxygen atoms in total. The summed E-state index contributed by atoms with van der Waals surface area (Å²) in [5.74, 6) is 0.0800. The maximum Gasteiger partial charge on any atom is 0.287 e. The maximum atomic E-state index is 12.5. The number of aromatic nitrogens is 2. The third-order valence-electron chi connectivity index (χ3n) is 3.94. The van der Waals surface area contributed by atoms with Crippen molar-refractivity contribution in [3.05, 3.63) is 84.1 Å². The van der Waals surface area contributed by atoms with Gasteiger partial charge in [0.25, 0.3) is 6.33 Å². The van der Waals surface area contributed by atoms with Crippen LogP contribution in [0.3, 0.4) is 0 Å². The molecule has 0 bridgehead atoms. The summed E-state index contributed by atoms with van der Waals surface area (Å²) in [6.45, 7) is 0.288. The van der Waals surface area contributed by atoms with Gasteiger partial charge in [0.1, 0.15) is 0 Å². The standard InChI is InChI=1S/C20H15N2OS.BrH/c23-19(17-8-7-15-4-1-2-5-16(15)12-17)13-22-10-9-18(21-14-22)20-6-3-11-24-20;/h1-12,14H,13H2;1H/q+1;. The summed E-state index contributed by atoms with van der Waals surface area (Å²) < 4.78 is 1.81. The molecule has 25 heavy (non-hydrogen) atoms. The molecular weight excluding hydrogens is 396 g/mol. The number of carbonyl (C=O) groups excluding carboxylic acids is 1. The molecule has 0 radical (unpaired) electrons. The molecule has 2 aromatic carbocycles. The van der Waals surface area contributed by atoms with Crippen LogP contribution in [0.2, 0.25) is 0 Å². The molecule has 0 spiro atoms. The number of hydrogen-bond acceptors (Lipinski definition) is 3. The van der Waals surface area contributed by atoms with E-state index < -0.39 is 0 Å². The van der Waals surface area contributed by atoms with E-state index in [1.54, 1.807) is 17.7 Å². The quantitative estimate of drug-likeness (QED) is 0.359. The Balaban J connectivity index is 0.00000182. The van der Waals surface area contributed by atoms with Crippen molar-refractivity contribution in [2.45, 2.75) is 6.54 Å². The Morgan fingerprint density at radius 2 is 1.84 bits per heavy atom. The highest BCUT2D eigenvalue weighted by Gasteiger charge is 2.12. The van der Waals surface area contributed by atoms with Gasteiger partial charge in [-0.1, -0.05) is 42.5 Å². The summed E-state index contributed by atoms with van der Waals surface area (Å²) >= 11 is 1.66. The molecule has 124 valence electrons. The first-order valence-corrected chi connectivity index (χ1v) is 8.58. The Labute approximate surface area is 160 Å². The molecular formula is C20H16BrN2OS+. The van der Waals surface area contributed by atoms with Crippen LogP contribution in [-0.2, 0) is 6.54 Å². The highest BCUT2D eigenvalue weighted by Crippen LogP contribution is 2.21. The smallest absolute Gasteiger partial charge is 0.287 e. The van der Waals surface area contributed by atoms with E-state index in [0.717, 1.165) is 26.9 Å². The number of carbonyl (C=O) groups is 1. The second-order valence-electron chi connectivity index (χ2n) is 5.58. The van der Waals surface area contributed by atoms with E-state index in [1.807, 2.05) is 76.8 Å². The van der Waals surface area contributed by atoms with Crippen molar-refractivity contribution in [3.63, 3.8) is 0 Å². The van der Waals surface area contributed by atoms with E-state index in [0.29, 0.717) is 0 Å². The van der Waals surface area contributed by atoms with Gasteiger partial charge in [-0.05, 0) is 33.3 Å². The first-order chi connectivity index (χ1) is 11.8. The molecule has 2 aromatic heterocycles. The topological polar surface area (TPSA) is 33.8 Å². The summed E-state index contributed by atoms with van der Waals surface area (Å²) in [4.78, 5) is 18.1. The lowest BCUT2D eigenvalue weighted by atomic mass is 10.0. The van der Waals surface area contributed by atoms with E-state index in [2.05, 4.69) is 4.98 Å². The number of benzene rings is 2. The van der Waals surface area contributed by atoms with E-state index in [-0.39, 0.29) is 29.3 Å². The predicted molar refractivity (Wildman–Crippen MR) is 106 cm³/mol. The molecule has 0 atom stereocenters. The van der Waals surface area contributed by atoms with Gasteiger partial charge in [0, 0.05) is 11.6 Å². The van der Waals surface area contributed by atoms with Gasteiger partial charge in [-0.15, -0.1) is 28.3 Å². The minimum absolute atomic E-state index is 0. The summed E-state index contributed by atoms with van der Waals surface area (Å²) in [5.41, 5.74) is 1.66. The van der Waals surface area contributed by atoms with Crippen LogP contribution in [0.1, 0.15) is 10.4 Å². The summed E-state index contributed by atoms with van der Waals surface area (Å²) in [6, 6.07) is 19.9. The molecule has 0 amide bonds. The van der Waals surface area contributed by atoms with Gasteiger partial charge in [0.05, 0.1) is 11.1 Å². The molecule has 4 aromatic rings. The van der Waals surface area contributed by atoms with Crippen molar-refractivity contribution in [2.75, 3.05) is 0 Å². The van der Waals surface area contributed by atoms with Crippen LogP contribution in [0.25, 0.3) is 21.3 Å². The molecule has 4 rings (SSSR count). The fourth-order valence-corrected chi connectivity index (χ4v) is 3.37. The zero-order valence-electron chi connectivity index (χ0n) is 13.3. The minimum Gasteiger partial charge on any atom is -0.290 e. The molecule has 0 fully saturated rings. The van der Waals surface area contributed by atoms with Crippen LogP contribution in [0.5, 0.6) is 0 Å². The zero-order valence-corrected chi connectivity index (χ0v) is 15.9. The van der Waals surface area contributed by atoms with Crippen molar-refractivity contribution in [1.29, 1.82) is 0 Å². The lowest BCUT2D eigenvalue weighted by Crippen LogP contribution is -2.37. The third-order valence-corrected chi connectivity index (χ3v) is 4.83. The molecule has 2 heterocycles. The average Bonchev–Trinajstić information content (AvgIpc) is 3.16. The van der Waals surface area contributed by atoms with Gasteiger partial charge in [-0.2, -0.15) is 0 Å². The van der Waals surface area contributed by atoms with Gasteiger partial charge in [-0.3, -0.25) is 4.79 Å². The van der Waals surface area contributed by atoms with Crippen LogP contribution in [0.4, 0.5) is 0 Å². The minimum atomic E-state index is 0. The number of fused-ring (bicyclic) bond motifs is 1. The van der Waals surface area contributed by atoms with Crippen molar-refractivity contribution in [1.82, 2.24) is 4.98 Å². The van der Waals surface area contributed by atoms with Crippen molar-refractivity contribution in [2.24, 2.45) is 0 Å². The monoisotopic (exact) mass is 411 g/mol. The number of nitrogens with zero attached hydrogens (tertiary/aromatic N) is 2. The van der Waals surface area contributed by atoms with Crippen LogP contribution >= 0.6 is 28.3 Å². The van der Waals surface area contributed by atoms with E-state index >= 15 is 0 Å². The highest BCUT2D eigenvalue weighted by atomic mass is 79.9. The molecule has 0 saturated carbocycles. The Hall–Kier alpha value is -2.37. The molecule has 0 saturated heterocycles. The normalized spacial score (nSPS) is 10.4. The van der Waals surface area contributed by atoms with Gasteiger partial charge in [0.15, 0.2) is 12.2 Å². The van der Waals surface area contributed by atoms with Gasteiger partial charge < -0.3 is 0 Å². The van der Waals surface area contributed by atoms with Crippen LogP contribution in [0, 0.1) is 0 Å². The first kappa shape index (κ1) is 17.5. The van der Waals surface area contributed by atoms with Gasteiger partial charge in [0.2, 0.25) is 5.78 Å². The highest BCUT2D eigenvalue weighted by molar-refractivity contribution is 8.93. The average molecular weight is 412 g/mol. The zero-order chi connectivity index (χ0) is 16.4. The number of ketones is 1. The van der Waals surface area contributed by atoms with Gasteiger partial charge >= 0.3 is 0 Å². The number of halogens is 1. The van der Waals surface area contributed by atoms with Crippen LogP contribution < -0.4 is 4.57 Å². The lowest BCUT2D eigenvalue weighted by molar-refractivity contribution is -0.686. The van der Waals surface area contributed by atoms with Crippen LogP contribution in [-0.4, -0.2) is 10.8 Å². The Morgan fingerprint density at radius 3 is 2.56 bits per heavy atom. The molecule has 5 heteroatoms. The fraction of sp³-hybridized carbons (Fsp3) is 0.0500. The molecule has 0 N–H and O–H groups in total. The Morgan fingerprint density at radius 1 is 1.00 bits per heavy atom. The SMILES string of the molecule is Br.O=C(C[n+]1ccc(-c2cccs2)nc1)c1ccc2ccccc2c1. The van der Waals surface area contributed by atoms with E-state index in [9.17, 15) is 4.79 Å². The number of thiophene rings is 1. The van der Waals surface area contributed by atoms with Crippen molar-refractivity contribution >= 4 is 44.9 Å². The Bertz CT molecular complexity index is 998. The first-order valence-electron chi connectivity index (χ1n) is 7.70. The second kappa shape index (κ2) is 7.68. The summed E-state index contributed by atoms with van der Waals surface area (Å²) in [6.07, 6.45) is 3.62. The third kappa shape index (κ3) is 3.83. The Kier molecular flexibility index (Phi) is 5.36. The van der Waals surface area contributed by atoms with Crippen LogP contribution in [0.15, 0.2) is 78.6 Å². The number of rotatable bonds is 4.